The summed E-state index contributed by atoms with van der Waals surface area (Å²) in [7, 11) is 0. The van der Waals surface area contributed by atoms with Crippen LogP contribution in [0.4, 0.5) is 0 Å². The van der Waals surface area contributed by atoms with Crippen LogP contribution in [0, 0.1) is 0 Å². The van der Waals surface area contributed by atoms with Crippen molar-refractivity contribution >= 4 is 23.2 Å². The van der Waals surface area contributed by atoms with Gasteiger partial charge in [-0.3, -0.25) is 0 Å². The van der Waals surface area contributed by atoms with Gasteiger partial charge in [0, 0.05) is 11.6 Å². The van der Waals surface area contributed by atoms with Crippen LogP contribution in [0.1, 0.15) is 13.8 Å². The van der Waals surface area contributed by atoms with E-state index >= 15 is 0 Å². The van der Waals surface area contributed by atoms with E-state index in [4.69, 9.17) is 27.9 Å². The molecule has 1 aromatic carbocycles. The van der Waals surface area contributed by atoms with Gasteiger partial charge in [0.05, 0.1) is 16.8 Å². The Morgan fingerprint density at radius 2 is 1.89 bits per heavy atom. The molecule has 0 amide bonds. The Balaban J connectivity index is 2.34. The van der Waals surface area contributed by atoms with Crippen LogP contribution in [0.5, 0.6) is 5.75 Å². The summed E-state index contributed by atoms with van der Waals surface area (Å²) < 4.78 is 5.57. The number of hydrogen-bond donors (Lipinski definition) is 0. The lowest BCUT2D eigenvalue weighted by atomic mass is 10.1. The van der Waals surface area contributed by atoms with Gasteiger partial charge in [-0.1, -0.05) is 23.2 Å². The Morgan fingerprint density at radius 3 is 2.50 bits per heavy atom. The van der Waals surface area contributed by atoms with Crippen LogP contribution in [0.25, 0.3) is 11.3 Å². The minimum atomic E-state index is 0.0850. The van der Waals surface area contributed by atoms with Gasteiger partial charge in [-0.2, -0.15) is 0 Å². The molecule has 0 atom stereocenters. The summed E-state index contributed by atoms with van der Waals surface area (Å²) in [5.41, 5.74) is 1.61. The van der Waals surface area contributed by atoms with E-state index in [1.54, 1.807) is 12.1 Å². The first-order chi connectivity index (χ1) is 8.56. The molecule has 0 N–H and O–H groups in total. The number of nitrogens with zero attached hydrogens (tertiary/aromatic N) is 2. The number of benzene rings is 1. The van der Waals surface area contributed by atoms with Crippen LogP contribution in [0.15, 0.2) is 30.6 Å². The third-order valence-electron chi connectivity index (χ3n) is 2.22. The standard InChI is InChI=1S/C13H12Cl2N2O/c1-8(2)18-12-4-3-9(5-10(12)14)11-6-13(15)17-7-16-11/h3-8H,1-2H3. The molecule has 5 heteroatoms. The first kappa shape index (κ1) is 13.1. The highest BCUT2D eigenvalue weighted by Gasteiger charge is 2.07. The average molecular weight is 283 g/mol. The van der Waals surface area contributed by atoms with Crippen molar-refractivity contribution < 1.29 is 4.74 Å². The second kappa shape index (κ2) is 5.55. The SMILES string of the molecule is CC(C)Oc1ccc(-c2cc(Cl)ncn2)cc1Cl. The van der Waals surface area contributed by atoms with Crippen LogP contribution in [-0.4, -0.2) is 16.1 Å². The molecule has 0 aliphatic rings. The Morgan fingerprint density at radius 1 is 1.11 bits per heavy atom. The van der Waals surface area contributed by atoms with Gasteiger partial charge in [0.25, 0.3) is 0 Å². The van der Waals surface area contributed by atoms with Gasteiger partial charge in [0.2, 0.25) is 0 Å². The zero-order chi connectivity index (χ0) is 13.1. The van der Waals surface area contributed by atoms with Gasteiger partial charge in [0.15, 0.2) is 0 Å². The predicted molar refractivity (Wildman–Crippen MR) is 73.3 cm³/mol. The van der Waals surface area contributed by atoms with Gasteiger partial charge in [-0.15, -0.1) is 0 Å². The first-order valence-electron chi connectivity index (χ1n) is 5.50. The van der Waals surface area contributed by atoms with Gasteiger partial charge in [-0.25, -0.2) is 9.97 Å². The maximum absolute atomic E-state index is 6.16. The van der Waals surface area contributed by atoms with Crippen molar-refractivity contribution in [3.63, 3.8) is 0 Å². The predicted octanol–water partition coefficient (Wildman–Crippen LogP) is 4.24. The molecule has 0 unspecified atom stereocenters. The van der Waals surface area contributed by atoms with Crippen LogP contribution in [0.2, 0.25) is 10.2 Å². The summed E-state index contributed by atoms with van der Waals surface area (Å²) in [6.07, 6.45) is 1.51. The van der Waals surface area contributed by atoms with E-state index in [0.717, 1.165) is 11.3 Å². The molecular weight excluding hydrogens is 271 g/mol. The van der Waals surface area contributed by atoms with E-state index in [0.29, 0.717) is 15.9 Å². The summed E-state index contributed by atoms with van der Waals surface area (Å²) >= 11 is 12.0. The molecular formula is C13H12Cl2N2O. The van der Waals surface area contributed by atoms with Crippen molar-refractivity contribution in [3.8, 4) is 17.0 Å². The fraction of sp³-hybridized carbons (Fsp3) is 0.231. The fourth-order valence-electron chi connectivity index (χ4n) is 1.50. The summed E-state index contributed by atoms with van der Waals surface area (Å²) in [6.45, 7) is 3.91. The second-order valence-electron chi connectivity index (χ2n) is 4.04. The van der Waals surface area contributed by atoms with Crippen LogP contribution in [-0.2, 0) is 0 Å². The van der Waals surface area contributed by atoms with E-state index in [9.17, 15) is 0 Å². The quantitative estimate of drug-likeness (QED) is 0.790. The average Bonchev–Trinajstić information content (AvgIpc) is 2.31. The molecule has 0 aliphatic carbocycles. The molecule has 0 saturated carbocycles. The van der Waals surface area contributed by atoms with Crippen molar-refractivity contribution in [2.75, 3.05) is 0 Å². The van der Waals surface area contributed by atoms with E-state index < -0.39 is 0 Å². The van der Waals surface area contributed by atoms with E-state index in [1.807, 2.05) is 26.0 Å². The molecule has 0 fully saturated rings. The Kier molecular flexibility index (Phi) is 4.04. The molecule has 2 rings (SSSR count). The minimum Gasteiger partial charge on any atom is -0.489 e. The van der Waals surface area contributed by atoms with Gasteiger partial charge in [-0.05, 0) is 32.0 Å². The Hall–Kier alpha value is -1.32. The maximum atomic E-state index is 6.16. The Labute approximate surface area is 116 Å². The summed E-state index contributed by atoms with van der Waals surface area (Å²) in [6, 6.07) is 7.21. The molecule has 1 heterocycles. The van der Waals surface area contributed by atoms with Gasteiger partial charge in [0.1, 0.15) is 17.2 Å². The van der Waals surface area contributed by atoms with E-state index in [-0.39, 0.29) is 6.10 Å². The minimum absolute atomic E-state index is 0.0850. The number of hydrogen-bond acceptors (Lipinski definition) is 3. The second-order valence-corrected chi connectivity index (χ2v) is 4.83. The summed E-state index contributed by atoms with van der Waals surface area (Å²) in [4.78, 5) is 7.99. The lowest BCUT2D eigenvalue weighted by Gasteiger charge is -2.12. The summed E-state index contributed by atoms with van der Waals surface area (Å²) in [5, 5.41) is 0.953. The molecule has 18 heavy (non-hydrogen) atoms. The topological polar surface area (TPSA) is 35.0 Å². The first-order valence-corrected chi connectivity index (χ1v) is 6.26. The molecule has 3 nitrogen and oxygen atoms in total. The van der Waals surface area contributed by atoms with Crippen molar-refractivity contribution in [2.45, 2.75) is 20.0 Å². The zero-order valence-corrected chi connectivity index (χ0v) is 11.5. The number of halogens is 2. The van der Waals surface area contributed by atoms with Crippen molar-refractivity contribution in [1.29, 1.82) is 0 Å². The van der Waals surface area contributed by atoms with Crippen molar-refractivity contribution in [2.24, 2.45) is 0 Å². The number of rotatable bonds is 3. The van der Waals surface area contributed by atoms with Gasteiger partial charge >= 0.3 is 0 Å². The summed E-state index contributed by atoms with van der Waals surface area (Å²) in [5.74, 6) is 0.663. The monoisotopic (exact) mass is 282 g/mol. The number of ether oxygens (including phenoxy) is 1. The van der Waals surface area contributed by atoms with Crippen LogP contribution < -0.4 is 4.74 Å². The van der Waals surface area contributed by atoms with Crippen molar-refractivity contribution in [1.82, 2.24) is 9.97 Å². The largest absolute Gasteiger partial charge is 0.489 e. The highest BCUT2D eigenvalue weighted by molar-refractivity contribution is 6.32. The molecule has 0 spiro atoms. The van der Waals surface area contributed by atoms with Crippen molar-refractivity contribution in [3.05, 3.63) is 40.8 Å². The lowest BCUT2D eigenvalue weighted by molar-refractivity contribution is 0.242. The zero-order valence-electron chi connectivity index (χ0n) is 10.0. The molecule has 0 saturated heterocycles. The molecule has 0 radical (unpaired) electrons. The van der Waals surface area contributed by atoms with Crippen LogP contribution in [0.3, 0.4) is 0 Å². The molecule has 2 aromatic rings. The number of aromatic nitrogens is 2. The van der Waals surface area contributed by atoms with E-state index in [2.05, 4.69) is 9.97 Å². The third-order valence-corrected chi connectivity index (χ3v) is 2.73. The third kappa shape index (κ3) is 3.12. The maximum Gasteiger partial charge on any atom is 0.138 e. The highest BCUT2D eigenvalue weighted by atomic mass is 35.5. The molecule has 94 valence electrons. The fourth-order valence-corrected chi connectivity index (χ4v) is 1.87. The Bertz CT molecular complexity index is 558. The van der Waals surface area contributed by atoms with Gasteiger partial charge < -0.3 is 4.74 Å². The lowest BCUT2D eigenvalue weighted by Crippen LogP contribution is -2.05. The molecule has 0 bridgehead atoms. The van der Waals surface area contributed by atoms with Crippen LogP contribution >= 0.6 is 23.2 Å². The molecule has 1 aromatic heterocycles. The normalized spacial score (nSPS) is 10.7. The van der Waals surface area contributed by atoms with E-state index in [1.165, 1.54) is 6.33 Å². The molecule has 0 aliphatic heterocycles. The highest BCUT2D eigenvalue weighted by Crippen LogP contribution is 2.30. The smallest absolute Gasteiger partial charge is 0.138 e.